The summed E-state index contributed by atoms with van der Waals surface area (Å²) in [4.78, 5) is 12.6. The SMILES string of the molecule is CCOc1cc(NC(=O)Nc2cc(OC)ccc2OC)cc(OCC)c1OCC. The molecule has 8 heteroatoms. The van der Waals surface area contributed by atoms with E-state index < -0.39 is 6.03 Å². The van der Waals surface area contributed by atoms with E-state index in [0.29, 0.717) is 59.9 Å². The lowest BCUT2D eigenvalue weighted by atomic mass is 10.2. The smallest absolute Gasteiger partial charge is 0.323 e. The van der Waals surface area contributed by atoms with Crippen LogP contribution < -0.4 is 34.3 Å². The summed E-state index contributed by atoms with van der Waals surface area (Å²) in [6.07, 6.45) is 0. The molecule has 0 radical (unpaired) electrons. The molecule has 0 spiro atoms. The molecule has 0 saturated heterocycles. The molecular weight excluding hydrogens is 376 g/mol. The number of hydrogen-bond donors (Lipinski definition) is 2. The molecule has 2 N–H and O–H groups in total. The van der Waals surface area contributed by atoms with Crippen LogP contribution in [0.1, 0.15) is 20.8 Å². The molecule has 0 aliphatic heterocycles. The van der Waals surface area contributed by atoms with Gasteiger partial charge in [-0.25, -0.2) is 4.79 Å². The Morgan fingerprint density at radius 1 is 0.793 bits per heavy atom. The van der Waals surface area contributed by atoms with Crippen LogP contribution in [-0.2, 0) is 0 Å². The van der Waals surface area contributed by atoms with Crippen LogP contribution in [0.5, 0.6) is 28.7 Å². The normalized spacial score (nSPS) is 10.1. The van der Waals surface area contributed by atoms with Gasteiger partial charge in [-0.2, -0.15) is 0 Å². The van der Waals surface area contributed by atoms with Crippen molar-refractivity contribution in [3.8, 4) is 28.7 Å². The zero-order valence-corrected chi connectivity index (χ0v) is 17.5. The van der Waals surface area contributed by atoms with Crippen molar-refractivity contribution in [3.63, 3.8) is 0 Å². The fourth-order valence-corrected chi connectivity index (χ4v) is 2.66. The number of amides is 2. The molecule has 2 amide bonds. The van der Waals surface area contributed by atoms with Gasteiger partial charge in [-0.3, -0.25) is 0 Å². The van der Waals surface area contributed by atoms with Gasteiger partial charge >= 0.3 is 6.03 Å². The molecule has 2 rings (SSSR count). The fraction of sp³-hybridized carbons (Fsp3) is 0.381. The van der Waals surface area contributed by atoms with Crippen molar-refractivity contribution in [2.45, 2.75) is 20.8 Å². The summed E-state index contributed by atoms with van der Waals surface area (Å²) in [5, 5.41) is 5.54. The van der Waals surface area contributed by atoms with Crippen molar-refractivity contribution in [3.05, 3.63) is 30.3 Å². The van der Waals surface area contributed by atoms with Gasteiger partial charge in [-0.1, -0.05) is 0 Å². The molecule has 2 aromatic carbocycles. The summed E-state index contributed by atoms with van der Waals surface area (Å²) in [7, 11) is 3.08. The summed E-state index contributed by atoms with van der Waals surface area (Å²) in [5.41, 5.74) is 0.977. The Morgan fingerprint density at radius 3 is 1.93 bits per heavy atom. The summed E-state index contributed by atoms with van der Waals surface area (Å²) in [6, 6.07) is 8.07. The molecule has 0 heterocycles. The van der Waals surface area contributed by atoms with E-state index in [4.69, 9.17) is 23.7 Å². The zero-order valence-electron chi connectivity index (χ0n) is 17.5. The Hall–Kier alpha value is -3.29. The summed E-state index contributed by atoms with van der Waals surface area (Å²) >= 11 is 0. The highest BCUT2D eigenvalue weighted by molar-refractivity contribution is 6.01. The van der Waals surface area contributed by atoms with Crippen molar-refractivity contribution in [2.24, 2.45) is 0 Å². The first-order chi connectivity index (χ1) is 14.1. The van der Waals surface area contributed by atoms with Gasteiger partial charge in [0.15, 0.2) is 11.5 Å². The molecular formula is C21H28N2O6. The molecule has 0 fully saturated rings. The Bertz CT molecular complexity index is 798. The predicted molar refractivity (Wildman–Crippen MR) is 112 cm³/mol. The van der Waals surface area contributed by atoms with E-state index in [9.17, 15) is 4.79 Å². The molecule has 0 saturated carbocycles. The fourth-order valence-electron chi connectivity index (χ4n) is 2.66. The van der Waals surface area contributed by atoms with Crippen molar-refractivity contribution >= 4 is 17.4 Å². The van der Waals surface area contributed by atoms with Crippen molar-refractivity contribution in [1.82, 2.24) is 0 Å². The quantitative estimate of drug-likeness (QED) is 0.604. The van der Waals surface area contributed by atoms with E-state index in [2.05, 4.69) is 10.6 Å². The number of benzene rings is 2. The number of carbonyl (C=O) groups is 1. The first-order valence-electron chi connectivity index (χ1n) is 9.42. The van der Waals surface area contributed by atoms with E-state index in [1.807, 2.05) is 20.8 Å². The molecule has 0 bridgehead atoms. The molecule has 8 nitrogen and oxygen atoms in total. The number of carbonyl (C=O) groups excluding carboxylic acids is 1. The third kappa shape index (κ3) is 5.84. The average molecular weight is 404 g/mol. The Labute approximate surface area is 171 Å². The zero-order chi connectivity index (χ0) is 21.2. The van der Waals surface area contributed by atoms with Crippen LogP contribution >= 0.6 is 0 Å². The standard InChI is InChI=1S/C21H28N2O6/c1-6-27-18-11-14(12-19(28-7-2)20(18)29-8-3)22-21(24)23-16-13-15(25-4)9-10-17(16)26-5/h9-13H,6-8H2,1-5H3,(H2,22,23,24). The maximum absolute atomic E-state index is 12.6. The average Bonchev–Trinajstić information content (AvgIpc) is 2.70. The van der Waals surface area contributed by atoms with Gasteiger partial charge in [0.25, 0.3) is 0 Å². The number of nitrogens with one attached hydrogen (secondary N) is 2. The molecule has 29 heavy (non-hydrogen) atoms. The van der Waals surface area contributed by atoms with Gasteiger partial charge in [0.1, 0.15) is 11.5 Å². The van der Waals surface area contributed by atoms with Gasteiger partial charge in [0, 0.05) is 18.2 Å². The van der Waals surface area contributed by atoms with Gasteiger partial charge in [0.05, 0.1) is 45.4 Å². The summed E-state index contributed by atoms with van der Waals surface area (Å²) in [6.45, 7) is 6.98. The van der Waals surface area contributed by atoms with Crippen molar-refractivity contribution in [1.29, 1.82) is 0 Å². The van der Waals surface area contributed by atoms with Crippen LogP contribution in [0.2, 0.25) is 0 Å². The van der Waals surface area contributed by atoms with Crippen molar-refractivity contribution < 1.29 is 28.5 Å². The van der Waals surface area contributed by atoms with Gasteiger partial charge in [-0.05, 0) is 32.9 Å². The topological polar surface area (TPSA) is 87.3 Å². The number of urea groups is 1. The van der Waals surface area contributed by atoms with Crippen LogP contribution in [0.3, 0.4) is 0 Å². The summed E-state index contributed by atoms with van der Waals surface area (Å²) in [5.74, 6) is 2.61. The van der Waals surface area contributed by atoms with Crippen LogP contribution in [0.15, 0.2) is 30.3 Å². The molecule has 158 valence electrons. The van der Waals surface area contributed by atoms with Gasteiger partial charge in [-0.15, -0.1) is 0 Å². The van der Waals surface area contributed by atoms with E-state index in [1.165, 1.54) is 7.11 Å². The molecule has 0 aromatic heterocycles. The molecule has 0 aliphatic rings. The van der Waals surface area contributed by atoms with Crippen LogP contribution in [-0.4, -0.2) is 40.1 Å². The highest BCUT2D eigenvalue weighted by Gasteiger charge is 2.17. The van der Waals surface area contributed by atoms with E-state index in [-0.39, 0.29) is 0 Å². The maximum Gasteiger partial charge on any atom is 0.323 e. The van der Waals surface area contributed by atoms with Crippen LogP contribution in [0.25, 0.3) is 0 Å². The Kier molecular flexibility index (Phi) is 8.27. The molecule has 0 aliphatic carbocycles. The van der Waals surface area contributed by atoms with Crippen LogP contribution in [0, 0.1) is 0 Å². The molecule has 0 unspecified atom stereocenters. The highest BCUT2D eigenvalue weighted by atomic mass is 16.5. The van der Waals surface area contributed by atoms with E-state index in [0.717, 1.165) is 0 Å². The maximum atomic E-state index is 12.6. The van der Waals surface area contributed by atoms with Gasteiger partial charge in [0.2, 0.25) is 5.75 Å². The minimum atomic E-state index is -0.453. The second-order valence-corrected chi connectivity index (χ2v) is 5.75. The number of rotatable bonds is 10. The number of anilines is 2. The monoisotopic (exact) mass is 404 g/mol. The van der Waals surface area contributed by atoms with Crippen LogP contribution in [0.4, 0.5) is 16.2 Å². The Morgan fingerprint density at radius 2 is 1.41 bits per heavy atom. The first-order valence-corrected chi connectivity index (χ1v) is 9.42. The second kappa shape index (κ2) is 10.9. The van der Waals surface area contributed by atoms with E-state index in [1.54, 1.807) is 37.4 Å². The number of ether oxygens (including phenoxy) is 5. The minimum Gasteiger partial charge on any atom is -0.497 e. The predicted octanol–water partition coefficient (Wildman–Crippen LogP) is 4.54. The first kappa shape index (κ1) is 22.0. The number of methoxy groups -OCH3 is 2. The van der Waals surface area contributed by atoms with E-state index >= 15 is 0 Å². The lowest BCUT2D eigenvalue weighted by molar-refractivity contribution is 0.260. The minimum absolute atomic E-state index is 0.447. The lowest BCUT2D eigenvalue weighted by Crippen LogP contribution is -2.20. The lowest BCUT2D eigenvalue weighted by Gasteiger charge is -2.18. The third-order valence-corrected chi connectivity index (χ3v) is 3.82. The van der Waals surface area contributed by atoms with Crippen molar-refractivity contribution in [2.75, 3.05) is 44.7 Å². The molecule has 2 aromatic rings. The third-order valence-electron chi connectivity index (χ3n) is 3.82. The number of hydrogen-bond acceptors (Lipinski definition) is 6. The Balaban J connectivity index is 2.27. The molecule has 0 atom stereocenters. The largest absolute Gasteiger partial charge is 0.497 e. The van der Waals surface area contributed by atoms with Gasteiger partial charge < -0.3 is 34.3 Å². The highest BCUT2D eigenvalue weighted by Crippen LogP contribution is 2.41. The second-order valence-electron chi connectivity index (χ2n) is 5.75. The summed E-state index contributed by atoms with van der Waals surface area (Å²) < 4.78 is 27.5.